The zero-order valence-corrected chi connectivity index (χ0v) is 11.6. The summed E-state index contributed by atoms with van der Waals surface area (Å²) < 4.78 is 16.1. The van der Waals surface area contributed by atoms with Crippen molar-refractivity contribution >= 4 is 0 Å². The van der Waals surface area contributed by atoms with Gasteiger partial charge in [0.05, 0.1) is 6.54 Å². The molecule has 0 unspecified atom stereocenters. The average Bonchev–Trinajstić information content (AvgIpc) is 2.55. The van der Waals surface area contributed by atoms with E-state index < -0.39 is 16.9 Å². The van der Waals surface area contributed by atoms with Crippen LogP contribution in [0.25, 0.3) is 5.69 Å². The molecular formula is C17H13FN2O2. The zero-order valence-electron chi connectivity index (χ0n) is 11.6. The van der Waals surface area contributed by atoms with Crippen molar-refractivity contribution < 1.29 is 4.39 Å². The summed E-state index contributed by atoms with van der Waals surface area (Å²) in [5.41, 5.74) is -0.372. The summed E-state index contributed by atoms with van der Waals surface area (Å²) in [6.07, 6.45) is 3.00. The van der Waals surface area contributed by atoms with Crippen LogP contribution in [0.5, 0.6) is 0 Å². The molecule has 0 saturated carbocycles. The number of para-hydroxylation sites is 1. The number of halogens is 1. The molecule has 0 saturated heterocycles. The van der Waals surface area contributed by atoms with Crippen molar-refractivity contribution in [2.45, 2.75) is 6.54 Å². The molecule has 0 fully saturated rings. The normalized spacial score (nSPS) is 10.6. The Hall–Kier alpha value is -2.95. The first-order valence-electron chi connectivity index (χ1n) is 6.78. The molecule has 110 valence electrons. The zero-order chi connectivity index (χ0) is 15.5. The van der Waals surface area contributed by atoms with Crippen molar-refractivity contribution in [1.82, 2.24) is 9.13 Å². The Balaban J connectivity index is 2.03. The summed E-state index contributed by atoms with van der Waals surface area (Å²) in [6, 6.07) is 15.1. The minimum Gasteiger partial charge on any atom is -0.305 e. The molecule has 0 aliphatic carbocycles. The molecule has 0 N–H and O–H groups in total. The highest BCUT2D eigenvalue weighted by Crippen LogP contribution is 2.07. The van der Waals surface area contributed by atoms with Crippen molar-refractivity contribution in [3.63, 3.8) is 0 Å². The summed E-state index contributed by atoms with van der Waals surface area (Å²) in [6.45, 7) is 0.0242. The molecule has 3 rings (SSSR count). The van der Waals surface area contributed by atoms with Crippen molar-refractivity contribution in [2.75, 3.05) is 0 Å². The molecular weight excluding hydrogens is 283 g/mol. The van der Waals surface area contributed by atoms with Crippen LogP contribution in [-0.2, 0) is 6.54 Å². The van der Waals surface area contributed by atoms with Gasteiger partial charge in [0.1, 0.15) is 5.82 Å². The number of aromatic nitrogens is 2. The molecule has 0 bridgehead atoms. The van der Waals surface area contributed by atoms with Crippen LogP contribution in [0.2, 0.25) is 0 Å². The third kappa shape index (κ3) is 2.61. The third-order valence-corrected chi connectivity index (χ3v) is 3.39. The fraction of sp³-hybridized carbons (Fsp3) is 0.0588. The molecule has 0 amide bonds. The largest absolute Gasteiger partial charge is 0.320 e. The minimum atomic E-state index is -0.686. The number of rotatable bonds is 3. The summed E-state index contributed by atoms with van der Waals surface area (Å²) in [5.74, 6) is -0.401. The predicted octanol–water partition coefficient (Wildman–Crippen LogP) is 2.19. The molecule has 1 heterocycles. The van der Waals surface area contributed by atoms with E-state index in [0.29, 0.717) is 11.3 Å². The van der Waals surface area contributed by atoms with Crippen LogP contribution in [0.15, 0.2) is 76.6 Å². The average molecular weight is 296 g/mol. The van der Waals surface area contributed by atoms with Crippen LogP contribution in [-0.4, -0.2) is 9.13 Å². The number of benzene rings is 2. The van der Waals surface area contributed by atoms with Gasteiger partial charge >= 0.3 is 11.1 Å². The van der Waals surface area contributed by atoms with Crippen molar-refractivity contribution in [3.05, 3.63) is 99.1 Å². The molecule has 3 aromatic rings. The standard InChI is InChI=1S/C17H13FN2O2/c18-15-9-5-4-6-13(15)12-19-10-11-20(17(22)16(19)21)14-7-2-1-3-8-14/h1-11H,12H2. The van der Waals surface area contributed by atoms with Crippen LogP contribution >= 0.6 is 0 Å². The first-order valence-corrected chi connectivity index (χ1v) is 6.78. The van der Waals surface area contributed by atoms with Crippen molar-refractivity contribution in [3.8, 4) is 5.69 Å². The fourth-order valence-corrected chi connectivity index (χ4v) is 2.23. The van der Waals surface area contributed by atoms with Crippen LogP contribution < -0.4 is 11.1 Å². The molecule has 0 aliphatic heterocycles. The molecule has 1 aromatic heterocycles. The van der Waals surface area contributed by atoms with E-state index in [-0.39, 0.29) is 6.54 Å². The lowest BCUT2D eigenvalue weighted by atomic mass is 10.2. The lowest BCUT2D eigenvalue weighted by molar-refractivity contribution is 0.593. The second kappa shape index (κ2) is 5.81. The Morgan fingerprint density at radius 3 is 2.23 bits per heavy atom. The van der Waals surface area contributed by atoms with Crippen LogP contribution in [0, 0.1) is 5.82 Å². The van der Waals surface area contributed by atoms with Crippen molar-refractivity contribution in [2.24, 2.45) is 0 Å². The molecule has 0 atom stereocenters. The number of hydrogen-bond acceptors (Lipinski definition) is 2. The maximum atomic E-state index is 13.7. The van der Waals surface area contributed by atoms with Crippen LogP contribution in [0.4, 0.5) is 4.39 Å². The summed E-state index contributed by atoms with van der Waals surface area (Å²) in [5, 5.41) is 0. The highest BCUT2D eigenvalue weighted by molar-refractivity contribution is 5.31. The van der Waals surface area contributed by atoms with Gasteiger partial charge in [0.25, 0.3) is 0 Å². The van der Waals surface area contributed by atoms with Gasteiger partial charge in [0, 0.05) is 23.6 Å². The summed E-state index contributed by atoms with van der Waals surface area (Å²) in [4.78, 5) is 24.4. The second-order valence-corrected chi connectivity index (χ2v) is 4.83. The maximum absolute atomic E-state index is 13.7. The van der Waals surface area contributed by atoms with Gasteiger partial charge in [-0.05, 0) is 18.2 Å². The molecule has 0 aliphatic rings. The quantitative estimate of drug-likeness (QED) is 0.695. The Labute approximate surface area is 125 Å². The highest BCUT2D eigenvalue weighted by atomic mass is 19.1. The summed E-state index contributed by atoms with van der Waals surface area (Å²) in [7, 11) is 0. The van der Waals surface area contributed by atoms with Gasteiger partial charge in [-0.2, -0.15) is 0 Å². The highest BCUT2D eigenvalue weighted by Gasteiger charge is 2.08. The molecule has 0 radical (unpaired) electrons. The van der Waals surface area contributed by atoms with Gasteiger partial charge in [0.2, 0.25) is 0 Å². The smallest absolute Gasteiger partial charge is 0.305 e. The van der Waals surface area contributed by atoms with Gasteiger partial charge < -0.3 is 4.57 Å². The minimum absolute atomic E-state index is 0.0242. The number of nitrogens with zero attached hydrogens (tertiary/aromatic N) is 2. The van der Waals surface area contributed by atoms with Gasteiger partial charge in [-0.25, -0.2) is 4.39 Å². The first-order chi connectivity index (χ1) is 10.7. The molecule has 22 heavy (non-hydrogen) atoms. The van der Waals surface area contributed by atoms with E-state index in [1.165, 1.54) is 27.6 Å². The van der Waals surface area contributed by atoms with Gasteiger partial charge in [-0.3, -0.25) is 14.2 Å². The topological polar surface area (TPSA) is 44.0 Å². The third-order valence-electron chi connectivity index (χ3n) is 3.39. The molecule has 4 nitrogen and oxygen atoms in total. The van der Waals surface area contributed by atoms with Crippen LogP contribution in [0.3, 0.4) is 0 Å². The Kier molecular flexibility index (Phi) is 3.70. The second-order valence-electron chi connectivity index (χ2n) is 4.83. The lowest BCUT2D eigenvalue weighted by Gasteiger charge is -2.09. The van der Waals surface area contributed by atoms with Gasteiger partial charge in [-0.1, -0.05) is 36.4 Å². The van der Waals surface area contributed by atoms with Crippen LogP contribution in [0.1, 0.15) is 5.56 Å². The van der Waals surface area contributed by atoms with E-state index >= 15 is 0 Å². The number of hydrogen-bond donors (Lipinski definition) is 0. The van der Waals surface area contributed by atoms with E-state index in [1.807, 2.05) is 6.07 Å². The first kappa shape index (κ1) is 14.0. The Bertz CT molecular complexity index is 914. The molecule has 5 heteroatoms. The van der Waals surface area contributed by atoms with Crippen molar-refractivity contribution in [1.29, 1.82) is 0 Å². The van der Waals surface area contributed by atoms with E-state index in [4.69, 9.17) is 0 Å². The van der Waals surface area contributed by atoms with E-state index in [1.54, 1.807) is 42.5 Å². The van der Waals surface area contributed by atoms with Gasteiger partial charge in [-0.15, -0.1) is 0 Å². The monoisotopic (exact) mass is 296 g/mol. The van der Waals surface area contributed by atoms with E-state index in [0.717, 1.165) is 0 Å². The maximum Gasteiger partial charge on any atom is 0.320 e. The molecule has 0 spiro atoms. The lowest BCUT2D eigenvalue weighted by Crippen LogP contribution is -2.40. The summed E-state index contributed by atoms with van der Waals surface area (Å²) >= 11 is 0. The Morgan fingerprint density at radius 1 is 0.818 bits per heavy atom. The van der Waals surface area contributed by atoms with E-state index in [2.05, 4.69) is 0 Å². The SMILES string of the molecule is O=c1c(=O)n(-c2ccccc2)ccn1Cc1ccccc1F. The van der Waals surface area contributed by atoms with Gasteiger partial charge in [0.15, 0.2) is 0 Å². The Morgan fingerprint density at radius 2 is 1.50 bits per heavy atom. The fourth-order valence-electron chi connectivity index (χ4n) is 2.23. The predicted molar refractivity (Wildman–Crippen MR) is 81.8 cm³/mol. The van der Waals surface area contributed by atoms with E-state index in [9.17, 15) is 14.0 Å². The molecule has 2 aromatic carbocycles.